The van der Waals surface area contributed by atoms with Crippen molar-refractivity contribution in [3.63, 3.8) is 0 Å². The van der Waals surface area contributed by atoms with E-state index in [1.807, 2.05) is 0 Å². The maximum absolute atomic E-state index is 12.5. The van der Waals surface area contributed by atoms with Crippen molar-refractivity contribution in [2.75, 3.05) is 31.0 Å². The topological polar surface area (TPSA) is 67.9 Å². The lowest BCUT2D eigenvalue weighted by Crippen LogP contribution is -2.37. The zero-order valence-corrected chi connectivity index (χ0v) is 16.0. The Hall–Kier alpha value is -2.44. The second kappa shape index (κ2) is 8.78. The Labute approximate surface area is 161 Å². The molecule has 0 heterocycles. The number of carbonyl (C=O) groups excluding carboxylic acids is 2. The predicted octanol–water partition coefficient (Wildman–Crippen LogP) is 4.00. The van der Waals surface area contributed by atoms with Gasteiger partial charge in [-0.3, -0.25) is 9.59 Å². The number of amides is 2. The van der Waals surface area contributed by atoms with Gasteiger partial charge in [0, 0.05) is 13.0 Å². The molecule has 0 atom stereocenters. The highest BCUT2D eigenvalue weighted by Crippen LogP contribution is 2.33. The van der Waals surface area contributed by atoms with Gasteiger partial charge in [0.2, 0.25) is 11.8 Å². The van der Waals surface area contributed by atoms with E-state index in [2.05, 4.69) is 5.32 Å². The molecule has 2 rings (SSSR count). The lowest BCUT2D eigenvalue weighted by atomic mass is 10.2. The van der Waals surface area contributed by atoms with Crippen LogP contribution in [-0.2, 0) is 9.59 Å². The van der Waals surface area contributed by atoms with Crippen LogP contribution < -0.4 is 19.7 Å². The second-order valence-electron chi connectivity index (χ2n) is 5.29. The fraction of sp³-hybridized carbons (Fsp3) is 0.222. The quantitative estimate of drug-likeness (QED) is 0.800. The van der Waals surface area contributed by atoms with E-state index in [4.69, 9.17) is 32.7 Å². The smallest absolute Gasteiger partial charge is 0.244 e. The Bertz CT molecular complexity index is 827. The summed E-state index contributed by atoms with van der Waals surface area (Å²) in [6.45, 7) is 1.10. The number of nitrogens with one attached hydrogen (secondary N) is 1. The number of halogens is 2. The number of methoxy groups -OCH3 is 2. The van der Waals surface area contributed by atoms with Crippen LogP contribution in [0, 0.1) is 0 Å². The van der Waals surface area contributed by atoms with Gasteiger partial charge in [0.15, 0.2) is 0 Å². The summed E-state index contributed by atoms with van der Waals surface area (Å²) in [4.78, 5) is 25.8. The summed E-state index contributed by atoms with van der Waals surface area (Å²) in [6.07, 6.45) is 0. The molecule has 0 aromatic heterocycles. The second-order valence-corrected chi connectivity index (χ2v) is 6.08. The molecule has 1 N–H and O–H groups in total. The summed E-state index contributed by atoms with van der Waals surface area (Å²) in [5.74, 6) is 0.251. The fourth-order valence-corrected chi connectivity index (χ4v) is 2.71. The lowest BCUT2D eigenvalue weighted by Gasteiger charge is -2.22. The van der Waals surface area contributed by atoms with Crippen molar-refractivity contribution in [3.05, 3.63) is 46.4 Å². The maximum atomic E-state index is 12.5. The average molecular weight is 397 g/mol. The zero-order chi connectivity index (χ0) is 19.3. The normalized spacial score (nSPS) is 10.2. The monoisotopic (exact) mass is 396 g/mol. The summed E-state index contributed by atoms with van der Waals surface area (Å²) >= 11 is 12.2. The molecule has 0 aliphatic rings. The molecule has 138 valence electrons. The van der Waals surface area contributed by atoms with E-state index in [-0.39, 0.29) is 17.5 Å². The van der Waals surface area contributed by atoms with Gasteiger partial charge in [0.05, 0.1) is 35.6 Å². The van der Waals surface area contributed by atoms with Gasteiger partial charge in [-0.2, -0.15) is 0 Å². The third kappa shape index (κ3) is 4.59. The van der Waals surface area contributed by atoms with Gasteiger partial charge in [-0.05, 0) is 24.3 Å². The van der Waals surface area contributed by atoms with Crippen LogP contribution in [0.5, 0.6) is 11.5 Å². The molecule has 26 heavy (non-hydrogen) atoms. The summed E-state index contributed by atoms with van der Waals surface area (Å²) < 4.78 is 10.4. The number of anilines is 2. The van der Waals surface area contributed by atoms with Gasteiger partial charge in [0.25, 0.3) is 0 Å². The molecule has 0 saturated carbocycles. The third-order valence-electron chi connectivity index (χ3n) is 3.58. The van der Waals surface area contributed by atoms with Crippen LogP contribution in [0.2, 0.25) is 10.0 Å². The van der Waals surface area contributed by atoms with E-state index in [1.54, 1.807) is 36.4 Å². The SMILES string of the molecule is COc1ccc(OC)c(NC(=O)CN(C(C)=O)c2cccc(Cl)c2Cl)c1. The van der Waals surface area contributed by atoms with Crippen LogP contribution in [0.25, 0.3) is 0 Å². The van der Waals surface area contributed by atoms with Gasteiger partial charge >= 0.3 is 0 Å². The van der Waals surface area contributed by atoms with E-state index >= 15 is 0 Å². The number of hydrogen-bond acceptors (Lipinski definition) is 4. The van der Waals surface area contributed by atoms with E-state index in [9.17, 15) is 9.59 Å². The number of ether oxygens (including phenoxy) is 2. The van der Waals surface area contributed by atoms with Crippen molar-refractivity contribution in [1.29, 1.82) is 0 Å². The molecule has 0 aliphatic carbocycles. The van der Waals surface area contributed by atoms with Crippen LogP contribution in [0.3, 0.4) is 0 Å². The molecule has 0 radical (unpaired) electrons. The summed E-state index contributed by atoms with van der Waals surface area (Å²) in [5.41, 5.74) is 0.789. The minimum Gasteiger partial charge on any atom is -0.497 e. The van der Waals surface area contributed by atoms with E-state index in [0.29, 0.717) is 27.9 Å². The first-order chi connectivity index (χ1) is 12.4. The van der Waals surface area contributed by atoms with Gasteiger partial charge in [-0.15, -0.1) is 0 Å². The molecule has 0 spiro atoms. The van der Waals surface area contributed by atoms with Gasteiger partial charge < -0.3 is 19.7 Å². The molecule has 2 aromatic rings. The highest BCUT2D eigenvalue weighted by molar-refractivity contribution is 6.44. The minimum absolute atomic E-state index is 0.205. The van der Waals surface area contributed by atoms with E-state index in [1.165, 1.54) is 26.0 Å². The number of benzene rings is 2. The molecular formula is C18H18Cl2N2O4. The Balaban J connectivity index is 2.24. The number of hydrogen-bond donors (Lipinski definition) is 1. The first-order valence-electron chi connectivity index (χ1n) is 7.61. The molecular weight excluding hydrogens is 379 g/mol. The molecule has 0 aliphatic heterocycles. The lowest BCUT2D eigenvalue weighted by molar-refractivity contribution is -0.120. The van der Waals surface area contributed by atoms with Gasteiger partial charge in [-0.25, -0.2) is 0 Å². The number of rotatable bonds is 6. The number of nitrogens with zero attached hydrogens (tertiary/aromatic N) is 1. The summed E-state index contributed by atoms with van der Waals surface area (Å²) in [5, 5.41) is 3.21. The van der Waals surface area contributed by atoms with Crippen LogP contribution >= 0.6 is 23.2 Å². The third-order valence-corrected chi connectivity index (χ3v) is 4.39. The summed E-state index contributed by atoms with van der Waals surface area (Å²) in [6, 6.07) is 9.89. The predicted molar refractivity (Wildman–Crippen MR) is 103 cm³/mol. The van der Waals surface area contributed by atoms with Gasteiger partial charge in [0.1, 0.15) is 18.0 Å². The van der Waals surface area contributed by atoms with Crippen molar-refractivity contribution in [2.45, 2.75) is 6.92 Å². The first kappa shape index (κ1) is 19.9. The standard InChI is InChI=1S/C18H18Cl2N2O4/c1-11(23)22(15-6-4-5-13(19)18(15)20)10-17(24)21-14-9-12(25-2)7-8-16(14)26-3/h4-9H,10H2,1-3H3,(H,21,24). The molecule has 0 unspecified atom stereocenters. The average Bonchev–Trinajstić information content (AvgIpc) is 2.62. The molecule has 0 saturated heterocycles. The molecule has 0 bridgehead atoms. The first-order valence-corrected chi connectivity index (χ1v) is 8.37. The van der Waals surface area contributed by atoms with Crippen LogP contribution in [0.15, 0.2) is 36.4 Å². The summed E-state index contributed by atoms with van der Waals surface area (Å²) in [7, 11) is 3.01. The number of carbonyl (C=O) groups is 2. The van der Waals surface area contributed by atoms with E-state index < -0.39 is 5.91 Å². The van der Waals surface area contributed by atoms with Crippen LogP contribution in [0.4, 0.5) is 11.4 Å². The largest absolute Gasteiger partial charge is 0.497 e. The Morgan fingerprint density at radius 2 is 1.85 bits per heavy atom. The van der Waals surface area contributed by atoms with E-state index in [0.717, 1.165) is 0 Å². The van der Waals surface area contributed by atoms with Crippen molar-refractivity contribution >= 4 is 46.4 Å². The van der Waals surface area contributed by atoms with Crippen molar-refractivity contribution in [2.24, 2.45) is 0 Å². The minimum atomic E-state index is -0.428. The van der Waals surface area contributed by atoms with Crippen LogP contribution in [-0.4, -0.2) is 32.6 Å². The van der Waals surface area contributed by atoms with Gasteiger partial charge in [-0.1, -0.05) is 29.3 Å². The molecule has 2 amide bonds. The molecule has 0 fully saturated rings. The van der Waals surface area contributed by atoms with Crippen molar-refractivity contribution in [1.82, 2.24) is 0 Å². The Morgan fingerprint density at radius 1 is 1.12 bits per heavy atom. The molecule has 2 aromatic carbocycles. The van der Waals surface area contributed by atoms with Crippen LogP contribution in [0.1, 0.15) is 6.92 Å². The molecule has 6 nitrogen and oxygen atoms in total. The maximum Gasteiger partial charge on any atom is 0.244 e. The molecule has 8 heteroatoms. The highest BCUT2D eigenvalue weighted by Gasteiger charge is 2.20. The zero-order valence-electron chi connectivity index (χ0n) is 14.5. The Morgan fingerprint density at radius 3 is 2.46 bits per heavy atom. The highest BCUT2D eigenvalue weighted by atomic mass is 35.5. The Kier molecular flexibility index (Phi) is 6.71. The van der Waals surface area contributed by atoms with Crippen molar-refractivity contribution < 1.29 is 19.1 Å². The fourth-order valence-electron chi connectivity index (χ4n) is 2.31. The van der Waals surface area contributed by atoms with Crippen molar-refractivity contribution in [3.8, 4) is 11.5 Å².